The van der Waals surface area contributed by atoms with Crippen molar-refractivity contribution in [1.29, 1.82) is 0 Å². The van der Waals surface area contributed by atoms with Crippen molar-refractivity contribution in [2.24, 2.45) is 10.8 Å². The van der Waals surface area contributed by atoms with Crippen LogP contribution in [-0.4, -0.2) is 162 Å². The number of hydrazine groups is 1. The van der Waals surface area contributed by atoms with Gasteiger partial charge in [-0.3, -0.25) is 24.6 Å². The third-order valence-electron chi connectivity index (χ3n) is 14.7. The van der Waals surface area contributed by atoms with Crippen molar-refractivity contribution >= 4 is 29.8 Å². The van der Waals surface area contributed by atoms with Crippen LogP contribution in [0, 0.1) is 22.5 Å². The Morgan fingerprint density at radius 1 is 0.772 bits per heavy atom. The van der Waals surface area contributed by atoms with Gasteiger partial charge in [0.25, 0.3) is 12.3 Å². The molecule has 2 aromatic heterocycles. The zero-order valence-corrected chi connectivity index (χ0v) is 43.6. The van der Waals surface area contributed by atoms with Crippen LogP contribution in [0.3, 0.4) is 0 Å². The Morgan fingerprint density at radius 3 is 1.85 bits per heavy atom. The number of aromatic nitrogens is 3. The van der Waals surface area contributed by atoms with Crippen molar-refractivity contribution in [3.05, 3.63) is 89.8 Å². The van der Waals surface area contributed by atoms with Gasteiger partial charge in [0.15, 0.2) is 0 Å². The standard InChI is InChI=1S/C51H60F10N10O8/c1-48(2,50(56,57)58)42(64-46(75)77-5)44(73)63-38(15-27-7-9-28(10-8-27)29-11-12-41(62-19-29)71-21-31-18-32(71)20-70(31)33-25-79-26-33)39(72)23-69(67-45(74)43(65-47(76)78-6)49(3,4)51(59,60)61)22-34-35(52)16-30(17-36(34)53)37-13-14-68(66-37)24-40(54)55/h7-14,16-17,19,31-33,38-40,42-43,72H,15,18,20-26H2,1-6H3,(H,63,73)(H,64,75)(H,65,76)(H,67,74)/t31-,32-,38-,39-,42+,43+/m0/s1. The molecule has 2 aromatic carbocycles. The monoisotopic (exact) mass is 1130 g/mol. The normalized spacial score (nSPS) is 18.7. The van der Waals surface area contributed by atoms with Crippen molar-refractivity contribution in [2.45, 2.75) is 115 Å². The molecule has 4 aromatic rings. The van der Waals surface area contributed by atoms with Crippen LogP contribution < -0.4 is 26.3 Å². The van der Waals surface area contributed by atoms with Crippen LogP contribution in [0.5, 0.6) is 0 Å². The molecule has 7 rings (SSSR count). The number of fused-ring (bicyclic) bond motifs is 2. The van der Waals surface area contributed by atoms with Crippen molar-refractivity contribution in [2.75, 3.05) is 52.0 Å². The molecular formula is C51H60F10N10O8. The Hall–Kier alpha value is -6.78. The van der Waals surface area contributed by atoms with Gasteiger partial charge in [0.05, 0.1) is 62.1 Å². The summed E-state index contributed by atoms with van der Waals surface area (Å²) in [7, 11) is 1.62. The van der Waals surface area contributed by atoms with E-state index in [1.165, 1.54) is 6.07 Å². The van der Waals surface area contributed by atoms with Gasteiger partial charge in [0.2, 0.25) is 5.91 Å². The fourth-order valence-electron chi connectivity index (χ4n) is 9.61. The predicted molar refractivity (Wildman–Crippen MR) is 263 cm³/mol. The van der Waals surface area contributed by atoms with E-state index in [4.69, 9.17) is 9.72 Å². The van der Waals surface area contributed by atoms with E-state index in [2.05, 4.69) is 35.1 Å². The van der Waals surface area contributed by atoms with E-state index in [9.17, 15) is 59.4 Å². The lowest BCUT2D eigenvalue weighted by atomic mass is 9.82. The van der Waals surface area contributed by atoms with Crippen molar-refractivity contribution in [3.63, 3.8) is 0 Å². The van der Waals surface area contributed by atoms with Crippen LogP contribution in [0.1, 0.15) is 45.2 Å². The highest BCUT2D eigenvalue weighted by Crippen LogP contribution is 2.42. The van der Waals surface area contributed by atoms with Gasteiger partial charge in [-0.15, -0.1) is 0 Å². The number of halogens is 10. The van der Waals surface area contributed by atoms with Gasteiger partial charge in [-0.05, 0) is 82.0 Å². The Kier molecular flexibility index (Phi) is 18.1. The highest BCUT2D eigenvalue weighted by atomic mass is 19.4. The predicted octanol–water partition coefficient (Wildman–Crippen LogP) is 6.36. The third-order valence-corrected chi connectivity index (χ3v) is 14.7. The van der Waals surface area contributed by atoms with E-state index in [-0.39, 0.29) is 11.3 Å². The summed E-state index contributed by atoms with van der Waals surface area (Å²) in [5.74, 6) is -5.15. The average Bonchev–Trinajstić information content (AvgIpc) is 4.34. The number of nitrogens with one attached hydrogen (secondary N) is 4. The van der Waals surface area contributed by atoms with E-state index in [0.29, 0.717) is 67.5 Å². The van der Waals surface area contributed by atoms with Crippen LogP contribution in [-0.2, 0) is 43.3 Å². The minimum atomic E-state index is -5.22. The Bertz CT molecular complexity index is 2770. The lowest BCUT2D eigenvalue weighted by Gasteiger charge is -2.42. The largest absolute Gasteiger partial charge is 0.453 e. The molecule has 4 amide bonds. The topological polar surface area (TPSA) is 205 Å². The summed E-state index contributed by atoms with van der Waals surface area (Å²) >= 11 is 0. The first-order valence-electron chi connectivity index (χ1n) is 24.8. The molecule has 0 aliphatic carbocycles. The average molecular weight is 1130 g/mol. The second-order valence-corrected chi connectivity index (χ2v) is 20.7. The molecule has 18 nitrogen and oxygen atoms in total. The minimum Gasteiger partial charge on any atom is -0.453 e. The van der Waals surface area contributed by atoms with E-state index >= 15 is 8.78 Å². The number of piperazine rings is 1. The van der Waals surface area contributed by atoms with Crippen LogP contribution in [0.4, 0.5) is 59.3 Å². The molecule has 3 aliphatic heterocycles. The number of aliphatic hydroxyl groups is 1. The molecule has 3 fully saturated rings. The molecule has 5 N–H and O–H groups in total. The van der Waals surface area contributed by atoms with Gasteiger partial charge in [0, 0.05) is 67.3 Å². The molecule has 432 valence electrons. The number of anilines is 1. The molecule has 0 radical (unpaired) electrons. The fourth-order valence-corrected chi connectivity index (χ4v) is 9.61. The number of ether oxygens (including phenoxy) is 3. The molecule has 28 heteroatoms. The maximum atomic E-state index is 16.1. The van der Waals surface area contributed by atoms with Crippen molar-refractivity contribution in [1.82, 2.24) is 46.0 Å². The highest BCUT2D eigenvalue weighted by molar-refractivity contribution is 5.87. The number of methoxy groups -OCH3 is 2. The number of alkyl carbamates (subject to hydrolysis) is 2. The van der Waals surface area contributed by atoms with E-state index in [1.807, 2.05) is 17.4 Å². The summed E-state index contributed by atoms with van der Waals surface area (Å²) in [6, 6.07) is 7.23. The lowest BCUT2D eigenvalue weighted by molar-refractivity contribution is -0.221. The minimum absolute atomic E-state index is 0.150. The van der Waals surface area contributed by atoms with E-state index in [1.54, 1.807) is 35.8 Å². The molecule has 0 saturated carbocycles. The van der Waals surface area contributed by atoms with Crippen LogP contribution in [0.2, 0.25) is 0 Å². The van der Waals surface area contributed by atoms with Gasteiger partial charge < -0.3 is 40.2 Å². The maximum Gasteiger partial charge on any atom is 0.407 e. The third kappa shape index (κ3) is 13.6. The quantitative estimate of drug-likeness (QED) is 0.0456. The molecule has 2 bridgehead atoms. The molecule has 6 atom stereocenters. The molecule has 0 unspecified atom stereocenters. The van der Waals surface area contributed by atoms with Crippen LogP contribution in [0.15, 0.2) is 67.0 Å². The number of carbonyl (C=O) groups is 4. The summed E-state index contributed by atoms with van der Waals surface area (Å²) in [6.45, 7) is 2.41. The first kappa shape index (κ1) is 59.9. The fraction of sp³-hybridized carbons (Fsp3) is 0.529. The molecule has 5 heterocycles. The second kappa shape index (κ2) is 23.9. The number of benzene rings is 2. The number of hydrogen-bond donors (Lipinski definition) is 5. The van der Waals surface area contributed by atoms with Gasteiger partial charge in [-0.1, -0.05) is 24.3 Å². The highest BCUT2D eigenvalue weighted by Gasteiger charge is 2.57. The van der Waals surface area contributed by atoms with E-state index < -0.39 is 121 Å². The summed E-state index contributed by atoms with van der Waals surface area (Å²) in [5.41, 5.74) is -3.71. The van der Waals surface area contributed by atoms with Crippen molar-refractivity contribution in [3.8, 4) is 22.4 Å². The zero-order valence-electron chi connectivity index (χ0n) is 43.6. The number of hydrogen-bond acceptors (Lipinski definition) is 13. The summed E-state index contributed by atoms with van der Waals surface area (Å²) < 4.78 is 161. The number of nitrogens with zero attached hydrogens (tertiary/aromatic N) is 6. The number of pyridine rings is 1. The van der Waals surface area contributed by atoms with Gasteiger partial charge in [-0.25, -0.2) is 37.1 Å². The zero-order chi connectivity index (χ0) is 57.9. The van der Waals surface area contributed by atoms with Gasteiger partial charge >= 0.3 is 24.5 Å². The van der Waals surface area contributed by atoms with E-state index in [0.717, 1.165) is 75.8 Å². The van der Waals surface area contributed by atoms with Crippen molar-refractivity contribution < 1.29 is 82.4 Å². The maximum absolute atomic E-state index is 16.1. The van der Waals surface area contributed by atoms with Crippen LogP contribution >= 0.6 is 0 Å². The number of amides is 4. The Labute approximate surface area is 447 Å². The number of rotatable bonds is 21. The first-order chi connectivity index (χ1) is 37.0. The Balaban J connectivity index is 1.20. The SMILES string of the molecule is COC(=O)N[C@H](C(=O)N[C@@H](Cc1ccc(-c2ccc(N3C[C@@H]4C[C@H]3CN4C3COC3)nc2)cc1)[C@@H](O)CN(Cc1c(F)cc(-c2ccn(CC(F)F)n2)cc1F)NC(=O)[C@@H](NC(=O)OC)C(C)(C)C(F)(F)F)C(C)(C)C(F)(F)F. The molecular weight excluding hydrogens is 1070 g/mol. The smallest absolute Gasteiger partial charge is 0.407 e. The molecule has 3 aliphatic rings. The molecule has 79 heavy (non-hydrogen) atoms. The summed E-state index contributed by atoms with van der Waals surface area (Å²) in [5, 5.41) is 22.5. The number of alkyl halides is 8. The van der Waals surface area contributed by atoms with Crippen LogP contribution in [0.25, 0.3) is 22.4 Å². The van der Waals surface area contributed by atoms with Gasteiger partial charge in [0.1, 0.15) is 36.1 Å². The second-order valence-electron chi connectivity index (χ2n) is 20.7. The lowest BCUT2D eigenvalue weighted by Crippen LogP contribution is -2.63. The molecule has 3 saturated heterocycles. The first-order valence-corrected chi connectivity index (χ1v) is 24.8. The number of likely N-dealkylation sites (tertiary alicyclic amines) is 1. The summed E-state index contributed by atoms with van der Waals surface area (Å²) in [6.07, 6.45) is -14.9. The number of carbonyl (C=O) groups excluding carboxylic acids is 4. The Morgan fingerprint density at radius 2 is 1.35 bits per heavy atom. The van der Waals surface area contributed by atoms with Gasteiger partial charge in [-0.2, -0.15) is 31.4 Å². The molecule has 0 spiro atoms. The number of aliphatic hydroxyl groups excluding tert-OH is 1. The summed E-state index contributed by atoms with van der Waals surface area (Å²) in [4.78, 5) is 62.5.